The largest absolute Gasteiger partial charge is 0.314 e. The van der Waals surface area contributed by atoms with E-state index in [0.717, 1.165) is 0 Å². The molecule has 0 radical (unpaired) electrons. The minimum absolute atomic E-state index is 0.708. The number of rotatable bonds is 2. The van der Waals surface area contributed by atoms with Crippen molar-refractivity contribution in [3.8, 4) is 0 Å². The van der Waals surface area contributed by atoms with Crippen LogP contribution in [0.3, 0.4) is 0 Å². The zero-order valence-corrected chi connectivity index (χ0v) is 9.84. The summed E-state index contributed by atoms with van der Waals surface area (Å²) in [6.07, 6.45) is 5.28. The Morgan fingerprint density at radius 2 is 1.87 bits per heavy atom. The number of piperidine rings is 1. The van der Waals surface area contributed by atoms with E-state index in [1.54, 1.807) is 0 Å². The van der Waals surface area contributed by atoms with Gasteiger partial charge in [-0.15, -0.1) is 0 Å². The number of nitrogens with one attached hydrogen (secondary N) is 1. The van der Waals surface area contributed by atoms with Gasteiger partial charge < -0.3 is 5.32 Å². The fourth-order valence-electron chi connectivity index (χ4n) is 2.57. The van der Waals surface area contributed by atoms with Gasteiger partial charge in [-0.2, -0.15) is 0 Å². The summed E-state index contributed by atoms with van der Waals surface area (Å²) in [4.78, 5) is 0. The van der Waals surface area contributed by atoms with E-state index in [1.165, 1.54) is 48.9 Å². The van der Waals surface area contributed by atoms with E-state index in [9.17, 15) is 0 Å². The average Bonchev–Trinajstić information content (AvgIpc) is 2.17. The van der Waals surface area contributed by atoms with Crippen LogP contribution in [0.2, 0.25) is 0 Å². The molecule has 1 atom stereocenters. The van der Waals surface area contributed by atoms with Crippen molar-refractivity contribution in [1.29, 1.82) is 0 Å². The third-order valence-corrected chi connectivity index (χ3v) is 3.18. The van der Waals surface area contributed by atoms with Crippen molar-refractivity contribution < 1.29 is 0 Å². The molecular formula is C14H21N. The topological polar surface area (TPSA) is 12.0 Å². The second kappa shape index (κ2) is 4.80. The van der Waals surface area contributed by atoms with Gasteiger partial charge in [-0.3, -0.25) is 0 Å². The van der Waals surface area contributed by atoms with Crippen LogP contribution in [-0.4, -0.2) is 12.6 Å². The maximum atomic E-state index is 3.61. The van der Waals surface area contributed by atoms with Crippen molar-refractivity contribution in [3.05, 3.63) is 34.9 Å². The minimum Gasteiger partial charge on any atom is -0.314 e. The maximum absolute atomic E-state index is 3.61. The summed E-state index contributed by atoms with van der Waals surface area (Å²) >= 11 is 0. The number of aryl methyl sites for hydroxylation is 2. The van der Waals surface area contributed by atoms with Gasteiger partial charge in [-0.05, 0) is 45.2 Å². The predicted octanol–water partition coefficient (Wildman–Crippen LogP) is 2.99. The second-order valence-corrected chi connectivity index (χ2v) is 4.85. The van der Waals surface area contributed by atoms with Gasteiger partial charge >= 0.3 is 0 Å². The molecule has 1 aromatic carbocycles. The molecule has 1 heteroatoms. The Hall–Kier alpha value is -0.820. The summed E-state index contributed by atoms with van der Waals surface area (Å²) in [7, 11) is 0. The summed E-state index contributed by atoms with van der Waals surface area (Å²) in [5, 5.41) is 3.61. The molecule has 1 unspecified atom stereocenters. The second-order valence-electron chi connectivity index (χ2n) is 4.85. The molecule has 15 heavy (non-hydrogen) atoms. The Morgan fingerprint density at radius 1 is 1.13 bits per heavy atom. The Balaban J connectivity index is 2.02. The zero-order valence-electron chi connectivity index (χ0n) is 9.84. The molecule has 1 heterocycles. The van der Waals surface area contributed by atoms with Gasteiger partial charge in [-0.25, -0.2) is 0 Å². The van der Waals surface area contributed by atoms with Crippen LogP contribution in [0.4, 0.5) is 0 Å². The van der Waals surface area contributed by atoms with Crippen LogP contribution in [0.25, 0.3) is 0 Å². The maximum Gasteiger partial charge on any atom is 0.0107 e. The molecule has 1 fully saturated rings. The van der Waals surface area contributed by atoms with Crippen LogP contribution in [0.5, 0.6) is 0 Å². The molecular weight excluding hydrogens is 182 g/mol. The highest BCUT2D eigenvalue weighted by atomic mass is 14.9. The van der Waals surface area contributed by atoms with Gasteiger partial charge in [0.25, 0.3) is 0 Å². The highest BCUT2D eigenvalue weighted by Crippen LogP contribution is 2.15. The third kappa shape index (κ3) is 3.07. The minimum atomic E-state index is 0.708. The molecule has 0 bridgehead atoms. The van der Waals surface area contributed by atoms with Gasteiger partial charge in [0.05, 0.1) is 0 Å². The number of benzene rings is 1. The van der Waals surface area contributed by atoms with Crippen molar-refractivity contribution in [2.24, 2.45) is 0 Å². The normalized spacial score (nSPS) is 21.6. The smallest absolute Gasteiger partial charge is 0.0107 e. The monoisotopic (exact) mass is 203 g/mol. The SMILES string of the molecule is Cc1cc(C)cc(CC2CCCCN2)c1. The van der Waals surface area contributed by atoms with E-state index in [1.807, 2.05) is 0 Å². The summed E-state index contributed by atoms with van der Waals surface area (Å²) in [5.41, 5.74) is 4.27. The lowest BCUT2D eigenvalue weighted by Gasteiger charge is -2.23. The van der Waals surface area contributed by atoms with Crippen molar-refractivity contribution in [1.82, 2.24) is 5.32 Å². The summed E-state index contributed by atoms with van der Waals surface area (Å²) in [5.74, 6) is 0. The van der Waals surface area contributed by atoms with Crippen molar-refractivity contribution in [2.45, 2.75) is 45.6 Å². The predicted molar refractivity (Wildman–Crippen MR) is 65.3 cm³/mol. The van der Waals surface area contributed by atoms with Crippen LogP contribution in [0.1, 0.15) is 36.0 Å². The van der Waals surface area contributed by atoms with Gasteiger partial charge in [0.2, 0.25) is 0 Å². The third-order valence-electron chi connectivity index (χ3n) is 3.18. The standard InChI is InChI=1S/C14H21N/c1-11-7-12(2)9-13(8-11)10-14-5-3-4-6-15-14/h7-9,14-15H,3-6,10H2,1-2H3. The molecule has 0 spiro atoms. The fourth-order valence-corrected chi connectivity index (χ4v) is 2.57. The first kappa shape index (κ1) is 10.7. The van der Waals surface area contributed by atoms with Crippen LogP contribution in [-0.2, 0) is 6.42 Å². The fraction of sp³-hybridized carbons (Fsp3) is 0.571. The summed E-state index contributed by atoms with van der Waals surface area (Å²) < 4.78 is 0. The first-order valence-electron chi connectivity index (χ1n) is 6.04. The van der Waals surface area contributed by atoms with Gasteiger partial charge in [0.15, 0.2) is 0 Å². The molecule has 0 aromatic heterocycles. The van der Waals surface area contributed by atoms with Gasteiger partial charge in [-0.1, -0.05) is 35.7 Å². The molecule has 1 aromatic rings. The van der Waals surface area contributed by atoms with E-state index in [-0.39, 0.29) is 0 Å². The van der Waals surface area contributed by atoms with Crippen molar-refractivity contribution in [2.75, 3.05) is 6.54 Å². The Morgan fingerprint density at radius 3 is 2.47 bits per heavy atom. The first-order valence-corrected chi connectivity index (χ1v) is 6.04. The Kier molecular flexibility index (Phi) is 3.42. The van der Waals surface area contributed by atoms with Crippen molar-refractivity contribution in [3.63, 3.8) is 0 Å². The van der Waals surface area contributed by atoms with Gasteiger partial charge in [0.1, 0.15) is 0 Å². The lowest BCUT2D eigenvalue weighted by molar-refractivity contribution is 0.399. The summed E-state index contributed by atoms with van der Waals surface area (Å²) in [6, 6.07) is 7.60. The first-order chi connectivity index (χ1) is 7.24. The molecule has 82 valence electrons. The lowest BCUT2D eigenvalue weighted by atomic mass is 9.96. The number of hydrogen-bond acceptors (Lipinski definition) is 1. The zero-order chi connectivity index (χ0) is 10.7. The van der Waals surface area contributed by atoms with Crippen LogP contribution >= 0.6 is 0 Å². The van der Waals surface area contributed by atoms with Crippen LogP contribution in [0, 0.1) is 13.8 Å². The van der Waals surface area contributed by atoms with E-state index in [2.05, 4.69) is 37.4 Å². The molecule has 0 aliphatic carbocycles. The Bertz CT molecular complexity index is 304. The quantitative estimate of drug-likeness (QED) is 0.779. The highest BCUT2D eigenvalue weighted by molar-refractivity contribution is 5.29. The van der Waals surface area contributed by atoms with E-state index >= 15 is 0 Å². The van der Waals surface area contributed by atoms with Crippen LogP contribution < -0.4 is 5.32 Å². The Labute approximate surface area is 92.9 Å². The molecule has 2 rings (SSSR count). The molecule has 0 saturated carbocycles. The van der Waals surface area contributed by atoms with E-state index in [0.29, 0.717) is 6.04 Å². The van der Waals surface area contributed by atoms with Crippen molar-refractivity contribution >= 4 is 0 Å². The molecule has 1 N–H and O–H groups in total. The molecule has 1 saturated heterocycles. The van der Waals surface area contributed by atoms with E-state index < -0.39 is 0 Å². The molecule has 0 amide bonds. The highest BCUT2D eigenvalue weighted by Gasteiger charge is 2.12. The molecule has 1 aliphatic heterocycles. The van der Waals surface area contributed by atoms with Crippen LogP contribution in [0.15, 0.2) is 18.2 Å². The number of hydrogen-bond donors (Lipinski definition) is 1. The van der Waals surface area contributed by atoms with E-state index in [4.69, 9.17) is 0 Å². The average molecular weight is 203 g/mol. The molecule has 1 aliphatic rings. The lowest BCUT2D eigenvalue weighted by Crippen LogP contribution is -2.35. The summed E-state index contributed by atoms with van der Waals surface area (Å²) in [6.45, 7) is 5.57. The molecule has 1 nitrogen and oxygen atoms in total. The van der Waals surface area contributed by atoms with Gasteiger partial charge in [0, 0.05) is 6.04 Å².